The lowest BCUT2D eigenvalue weighted by Crippen LogP contribution is -2.27. The molecule has 1 atom stereocenters. The molecule has 2 heterocycles. The Hall–Kier alpha value is -1.95. The normalized spacial score (nSPS) is 12.6. The van der Waals surface area contributed by atoms with E-state index in [-0.39, 0.29) is 12.5 Å². The molecule has 0 aliphatic heterocycles. The summed E-state index contributed by atoms with van der Waals surface area (Å²) in [4.78, 5) is 8.94. The SMILES string of the molecule is Cn1c(CNCC(CO)Cc2ccccn2)nc2cc(Cl)ccc21. The number of rotatable bonds is 7. The highest BCUT2D eigenvalue weighted by molar-refractivity contribution is 6.31. The number of hydrogen-bond acceptors (Lipinski definition) is 4. The first kappa shape index (κ1) is 16.9. The number of nitrogens with one attached hydrogen (secondary N) is 1. The van der Waals surface area contributed by atoms with Gasteiger partial charge in [-0.3, -0.25) is 4.98 Å². The molecule has 0 saturated carbocycles. The van der Waals surface area contributed by atoms with Gasteiger partial charge in [0.05, 0.1) is 17.6 Å². The number of fused-ring (bicyclic) bond motifs is 1. The summed E-state index contributed by atoms with van der Waals surface area (Å²) < 4.78 is 2.06. The summed E-state index contributed by atoms with van der Waals surface area (Å²) in [6.45, 7) is 1.47. The highest BCUT2D eigenvalue weighted by Gasteiger charge is 2.11. The molecule has 3 aromatic rings. The average molecular weight is 345 g/mol. The molecule has 0 radical (unpaired) electrons. The van der Waals surface area contributed by atoms with Crippen LogP contribution < -0.4 is 5.32 Å². The second-order valence-electron chi connectivity index (χ2n) is 5.92. The molecule has 0 spiro atoms. The zero-order valence-corrected chi connectivity index (χ0v) is 14.4. The third kappa shape index (κ3) is 3.93. The molecule has 0 aliphatic carbocycles. The topological polar surface area (TPSA) is 63.0 Å². The lowest BCUT2D eigenvalue weighted by atomic mass is 10.0. The lowest BCUT2D eigenvalue weighted by molar-refractivity contribution is 0.220. The third-order valence-corrected chi connectivity index (χ3v) is 4.37. The molecule has 1 aromatic carbocycles. The minimum absolute atomic E-state index is 0.127. The smallest absolute Gasteiger partial charge is 0.123 e. The van der Waals surface area contributed by atoms with Gasteiger partial charge in [0.25, 0.3) is 0 Å². The zero-order chi connectivity index (χ0) is 16.9. The van der Waals surface area contributed by atoms with Crippen molar-refractivity contribution in [3.8, 4) is 0 Å². The number of halogens is 1. The van der Waals surface area contributed by atoms with Crippen LogP contribution in [0.2, 0.25) is 5.02 Å². The predicted molar refractivity (Wildman–Crippen MR) is 95.9 cm³/mol. The van der Waals surface area contributed by atoms with Crippen LogP contribution in [0.3, 0.4) is 0 Å². The van der Waals surface area contributed by atoms with Gasteiger partial charge in [0.15, 0.2) is 0 Å². The van der Waals surface area contributed by atoms with Crippen LogP contribution in [0.25, 0.3) is 11.0 Å². The van der Waals surface area contributed by atoms with Crippen molar-refractivity contribution < 1.29 is 5.11 Å². The van der Waals surface area contributed by atoms with E-state index in [4.69, 9.17) is 11.6 Å². The van der Waals surface area contributed by atoms with Crippen LogP contribution in [-0.2, 0) is 20.0 Å². The van der Waals surface area contributed by atoms with E-state index in [9.17, 15) is 5.11 Å². The molecular weight excluding hydrogens is 324 g/mol. The summed E-state index contributed by atoms with van der Waals surface area (Å²) >= 11 is 6.02. The van der Waals surface area contributed by atoms with Crippen LogP contribution in [0, 0.1) is 5.92 Å². The van der Waals surface area contributed by atoms with Gasteiger partial charge in [-0.2, -0.15) is 0 Å². The Morgan fingerprint density at radius 1 is 1.29 bits per heavy atom. The summed E-state index contributed by atoms with van der Waals surface area (Å²) in [6.07, 6.45) is 2.53. The Morgan fingerprint density at radius 3 is 2.92 bits per heavy atom. The Kier molecular flexibility index (Phi) is 5.45. The van der Waals surface area contributed by atoms with Crippen LogP contribution in [-0.4, -0.2) is 32.8 Å². The molecule has 0 saturated heterocycles. The Morgan fingerprint density at radius 2 is 2.17 bits per heavy atom. The van der Waals surface area contributed by atoms with Gasteiger partial charge in [0.2, 0.25) is 0 Å². The van der Waals surface area contributed by atoms with Crippen LogP contribution in [0.15, 0.2) is 42.6 Å². The fourth-order valence-corrected chi connectivity index (χ4v) is 2.95. The van der Waals surface area contributed by atoms with Crippen LogP contribution in [0.5, 0.6) is 0 Å². The maximum atomic E-state index is 9.58. The second kappa shape index (κ2) is 7.75. The number of aryl methyl sites for hydroxylation is 1. The fraction of sp³-hybridized carbons (Fsp3) is 0.333. The summed E-state index contributed by atoms with van der Waals surface area (Å²) in [7, 11) is 2.00. The highest BCUT2D eigenvalue weighted by Crippen LogP contribution is 2.19. The summed E-state index contributed by atoms with van der Waals surface area (Å²) in [5.41, 5.74) is 2.95. The van der Waals surface area contributed by atoms with Gasteiger partial charge in [0, 0.05) is 37.1 Å². The minimum Gasteiger partial charge on any atom is -0.396 e. The van der Waals surface area contributed by atoms with Gasteiger partial charge < -0.3 is 15.0 Å². The van der Waals surface area contributed by atoms with Crippen molar-refractivity contribution in [1.82, 2.24) is 19.9 Å². The van der Waals surface area contributed by atoms with Crippen molar-refractivity contribution in [1.29, 1.82) is 0 Å². The highest BCUT2D eigenvalue weighted by atomic mass is 35.5. The van der Waals surface area contributed by atoms with Gasteiger partial charge >= 0.3 is 0 Å². The van der Waals surface area contributed by atoms with Crippen LogP contribution in [0.4, 0.5) is 0 Å². The van der Waals surface area contributed by atoms with Crippen molar-refractivity contribution in [2.24, 2.45) is 13.0 Å². The summed E-state index contributed by atoms with van der Waals surface area (Å²) in [5.74, 6) is 1.07. The van der Waals surface area contributed by atoms with Gasteiger partial charge in [0.1, 0.15) is 5.82 Å². The number of aliphatic hydroxyl groups excluding tert-OH is 1. The van der Waals surface area contributed by atoms with Gasteiger partial charge in [-0.15, -0.1) is 0 Å². The average Bonchev–Trinajstić information content (AvgIpc) is 2.90. The standard InChI is InChI=1S/C18H21ClN4O/c1-23-17-6-5-14(19)9-16(17)22-18(23)11-20-10-13(12-24)8-15-4-2-3-7-21-15/h2-7,9,13,20,24H,8,10-12H2,1H3. The number of nitrogens with zero attached hydrogens (tertiary/aromatic N) is 3. The maximum Gasteiger partial charge on any atom is 0.123 e. The van der Waals surface area contributed by atoms with E-state index in [0.29, 0.717) is 18.1 Å². The molecule has 6 heteroatoms. The number of hydrogen-bond donors (Lipinski definition) is 2. The number of aliphatic hydroxyl groups is 1. The number of imidazole rings is 1. The molecule has 3 rings (SSSR count). The van der Waals surface area contributed by atoms with E-state index >= 15 is 0 Å². The first-order valence-corrected chi connectivity index (χ1v) is 8.37. The quantitative estimate of drug-likeness (QED) is 0.691. The molecule has 126 valence electrons. The van der Waals surface area contributed by atoms with E-state index in [0.717, 1.165) is 29.0 Å². The van der Waals surface area contributed by atoms with Crippen molar-refractivity contribution >= 4 is 22.6 Å². The molecule has 24 heavy (non-hydrogen) atoms. The van der Waals surface area contributed by atoms with Gasteiger partial charge in [-0.1, -0.05) is 17.7 Å². The molecule has 2 aromatic heterocycles. The predicted octanol–water partition coefficient (Wildman–Crippen LogP) is 2.56. The molecule has 0 aliphatic rings. The largest absolute Gasteiger partial charge is 0.396 e. The lowest BCUT2D eigenvalue weighted by Gasteiger charge is -2.14. The third-order valence-electron chi connectivity index (χ3n) is 4.13. The monoisotopic (exact) mass is 344 g/mol. The van der Waals surface area contributed by atoms with Gasteiger partial charge in [-0.05, 0) is 42.7 Å². The molecule has 5 nitrogen and oxygen atoms in total. The maximum absolute atomic E-state index is 9.58. The molecule has 0 bridgehead atoms. The Bertz CT molecular complexity index is 803. The van der Waals surface area contributed by atoms with Crippen molar-refractivity contribution in [2.45, 2.75) is 13.0 Å². The van der Waals surface area contributed by atoms with Crippen LogP contribution in [0.1, 0.15) is 11.5 Å². The zero-order valence-electron chi connectivity index (χ0n) is 13.6. The van der Waals surface area contributed by atoms with E-state index in [1.165, 1.54) is 0 Å². The van der Waals surface area contributed by atoms with Gasteiger partial charge in [-0.25, -0.2) is 4.98 Å². The summed E-state index contributed by atoms with van der Waals surface area (Å²) in [6, 6.07) is 11.6. The number of aromatic nitrogens is 3. The van der Waals surface area contributed by atoms with Crippen molar-refractivity contribution in [3.05, 3.63) is 59.1 Å². The summed E-state index contributed by atoms with van der Waals surface area (Å²) in [5, 5.41) is 13.7. The Labute approximate surface area is 146 Å². The first-order chi connectivity index (χ1) is 11.7. The van der Waals surface area contributed by atoms with Crippen molar-refractivity contribution in [3.63, 3.8) is 0 Å². The van der Waals surface area contributed by atoms with E-state index in [1.807, 2.05) is 43.4 Å². The first-order valence-electron chi connectivity index (χ1n) is 7.99. The fourth-order valence-electron chi connectivity index (χ4n) is 2.78. The minimum atomic E-state index is 0.127. The Balaban J connectivity index is 1.60. The number of benzene rings is 1. The van der Waals surface area contributed by atoms with Crippen LogP contribution >= 0.6 is 11.6 Å². The molecule has 1 unspecified atom stereocenters. The van der Waals surface area contributed by atoms with E-state index < -0.39 is 0 Å². The number of pyridine rings is 1. The molecule has 2 N–H and O–H groups in total. The van der Waals surface area contributed by atoms with E-state index in [1.54, 1.807) is 6.20 Å². The molecule has 0 amide bonds. The molecule has 0 fully saturated rings. The second-order valence-corrected chi connectivity index (χ2v) is 6.36. The van der Waals surface area contributed by atoms with Crippen molar-refractivity contribution in [2.75, 3.05) is 13.2 Å². The van der Waals surface area contributed by atoms with E-state index in [2.05, 4.69) is 19.9 Å². The molecular formula is C18H21ClN4O.